The number of phenols is 1. The molecule has 0 heterocycles. The number of aromatic hydroxyl groups is 1. The van der Waals surface area contributed by atoms with Crippen molar-refractivity contribution in [2.45, 2.75) is 26.3 Å². The van der Waals surface area contributed by atoms with Crippen molar-refractivity contribution in [1.29, 1.82) is 0 Å². The molecule has 5 N–H and O–H groups in total. The Labute approximate surface area is 105 Å². The molecule has 0 radical (unpaired) electrons. The zero-order valence-electron chi connectivity index (χ0n) is 10.6. The van der Waals surface area contributed by atoms with Crippen molar-refractivity contribution in [3.8, 4) is 5.75 Å². The third-order valence-corrected chi connectivity index (χ3v) is 2.57. The third kappa shape index (κ3) is 2.91. The van der Waals surface area contributed by atoms with Crippen LogP contribution in [0.3, 0.4) is 0 Å². The number of oxime groups is 1. The molecule has 0 saturated heterocycles. The Morgan fingerprint density at radius 1 is 1.44 bits per heavy atom. The Bertz CT molecular complexity index is 495. The van der Waals surface area contributed by atoms with Gasteiger partial charge in [-0.1, -0.05) is 11.2 Å². The van der Waals surface area contributed by atoms with E-state index in [2.05, 4.69) is 10.5 Å². The highest BCUT2D eigenvalue weighted by Crippen LogP contribution is 2.19. The smallest absolute Gasteiger partial charge is 0.255 e. The number of hydrogen-bond donors (Lipinski definition) is 4. The van der Waals surface area contributed by atoms with Crippen LogP contribution in [-0.2, 0) is 0 Å². The van der Waals surface area contributed by atoms with E-state index < -0.39 is 11.4 Å². The standard InChI is InChI=1S/C12H17N3O3/c1-7-4-5-8(9(16)6-7)10(17)14-12(2,3)11(13)15-18/h4-6,16,18H,1-3H3,(H2,13,15)(H,14,17). The van der Waals surface area contributed by atoms with Crippen LogP contribution >= 0.6 is 0 Å². The summed E-state index contributed by atoms with van der Waals surface area (Å²) in [4.78, 5) is 11.9. The number of phenolic OH excluding ortho intramolecular Hbond substituents is 1. The van der Waals surface area contributed by atoms with Crippen molar-refractivity contribution < 1.29 is 15.1 Å². The van der Waals surface area contributed by atoms with E-state index in [0.717, 1.165) is 5.56 Å². The second-order valence-electron chi connectivity index (χ2n) is 4.58. The number of hydrogen-bond acceptors (Lipinski definition) is 4. The third-order valence-electron chi connectivity index (χ3n) is 2.57. The minimum absolute atomic E-state index is 0.109. The van der Waals surface area contributed by atoms with Gasteiger partial charge < -0.3 is 21.4 Å². The number of aryl methyl sites for hydroxylation is 1. The van der Waals surface area contributed by atoms with Crippen molar-refractivity contribution in [1.82, 2.24) is 5.32 Å². The molecule has 0 aliphatic heterocycles. The van der Waals surface area contributed by atoms with Gasteiger partial charge in [0, 0.05) is 0 Å². The van der Waals surface area contributed by atoms with Gasteiger partial charge in [0.15, 0.2) is 5.84 Å². The average Bonchev–Trinajstić information content (AvgIpc) is 2.26. The van der Waals surface area contributed by atoms with E-state index in [1.807, 2.05) is 6.92 Å². The molecule has 18 heavy (non-hydrogen) atoms. The first-order chi connectivity index (χ1) is 8.27. The number of rotatable bonds is 3. The van der Waals surface area contributed by atoms with Crippen LogP contribution in [-0.4, -0.2) is 27.6 Å². The fraction of sp³-hybridized carbons (Fsp3) is 0.333. The van der Waals surface area contributed by atoms with Gasteiger partial charge in [0.05, 0.1) is 11.1 Å². The molecule has 0 aromatic heterocycles. The molecule has 0 atom stereocenters. The summed E-state index contributed by atoms with van der Waals surface area (Å²) in [5, 5.41) is 23.7. The van der Waals surface area contributed by atoms with Gasteiger partial charge in [-0.2, -0.15) is 0 Å². The molecule has 0 saturated carbocycles. The lowest BCUT2D eigenvalue weighted by atomic mass is 10.0. The minimum atomic E-state index is -1.01. The van der Waals surface area contributed by atoms with Crippen LogP contribution in [0, 0.1) is 6.92 Å². The number of nitrogens with zero attached hydrogens (tertiary/aromatic N) is 1. The Morgan fingerprint density at radius 2 is 2.06 bits per heavy atom. The topological polar surface area (TPSA) is 108 Å². The van der Waals surface area contributed by atoms with Crippen LogP contribution < -0.4 is 11.1 Å². The molecule has 0 fully saturated rings. The second-order valence-corrected chi connectivity index (χ2v) is 4.58. The van der Waals surface area contributed by atoms with E-state index in [1.165, 1.54) is 12.1 Å². The maximum absolute atomic E-state index is 11.9. The minimum Gasteiger partial charge on any atom is -0.507 e. The zero-order chi connectivity index (χ0) is 13.9. The normalized spacial score (nSPS) is 12.3. The Hall–Kier alpha value is -2.24. The van der Waals surface area contributed by atoms with E-state index >= 15 is 0 Å². The van der Waals surface area contributed by atoms with Crippen molar-refractivity contribution in [3.63, 3.8) is 0 Å². The maximum Gasteiger partial charge on any atom is 0.255 e. The molecule has 0 aliphatic rings. The summed E-state index contributed by atoms with van der Waals surface area (Å²) in [5.74, 6) is -0.727. The van der Waals surface area contributed by atoms with Crippen molar-refractivity contribution >= 4 is 11.7 Å². The molecular weight excluding hydrogens is 234 g/mol. The number of carbonyl (C=O) groups excluding carboxylic acids is 1. The first kappa shape index (κ1) is 13.8. The summed E-state index contributed by atoms with van der Waals surface area (Å²) < 4.78 is 0. The van der Waals surface area contributed by atoms with Crippen molar-refractivity contribution in [2.75, 3.05) is 0 Å². The summed E-state index contributed by atoms with van der Waals surface area (Å²) in [6, 6.07) is 4.72. The number of benzene rings is 1. The highest BCUT2D eigenvalue weighted by Gasteiger charge is 2.27. The predicted molar refractivity (Wildman–Crippen MR) is 67.8 cm³/mol. The van der Waals surface area contributed by atoms with Gasteiger partial charge in [-0.05, 0) is 38.5 Å². The molecule has 1 amide bonds. The van der Waals surface area contributed by atoms with Crippen molar-refractivity contribution in [2.24, 2.45) is 10.9 Å². The zero-order valence-corrected chi connectivity index (χ0v) is 10.6. The molecule has 0 aliphatic carbocycles. The molecule has 0 spiro atoms. The summed E-state index contributed by atoms with van der Waals surface area (Å²) >= 11 is 0. The molecule has 1 aromatic rings. The van der Waals surface area contributed by atoms with Gasteiger partial charge >= 0.3 is 0 Å². The largest absolute Gasteiger partial charge is 0.507 e. The maximum atomic E-state index is 11.9. The van der Waals surface area contributed by atoms with Gasteiger partial charge in [-0.25, -0.2) is 0 Å². The predicted octanol–water partition coefficient (Wildman–Crippen LogP) is 0.955. The Kier molecular flexibility index (Phi) is 3.80. The highest BCUT2D eigenvalue weighted by atomic mass is 16.4. The lowest BCUT2D eigenvalue weighted by Crippen LogP contribution is -2.53. The fourth-order valence-corrected chi connectivity index (χ4v) is 1.37. The summed E-state index contributed by atoms with van der Waals surface area (Å²) in [5.41, 5.74) is 5.44. The average molecular weight is 251 g/mol. The molecule has 6 heteroatoms. The molecule has 6 nitrogen and oxygen atoms in total. The van der Waals surface area contributed by atoms with E-state index in [1.54, 1.807) is 19.9 Å². The Morgan fingerprint density at radius 3 is 2.56 bits per heavy atom. The lowest BCUT2D eigenvalue weighted by molar-refractivity contribution is 0.0928. The number of carbonyl (C=O) groups is 1. The van der Waals surface area contributed by atoms with Crippen LogP contribution in [0.5, 0.6) is 5.75 Å². The van der Waals surface area contributed by atoms with Crippen LogP contribution in [0.15, 0.2) is 23.4 Å². The van der Waals surface area contributed by atoms with Crippen LogP contribution in [0.25, 0.3) is 0 Å². The fourth-order valence-electron chi connectivity index (χ4n) is 1.37. The summed E-state index contributed by atoms with van der Waals surface area (Å²) in [7, 11) is 0. The van der Waals surface area contributed by atoms with Crippen LogP contribution in [0.4, 0.5) is 0 Å². The number of amidine groups is 1. The molecular formula is C12H17N3O3. The van der Waals surface area contributed by atoms with Gasteiger partial charge in [-0.15, -0.1) is 0 Å². The first-order valence-corrected chi connectivity index (χ1v) is 5.38. The second kappa shape index (κ2) is 4.95. The summed E-state index contributed by atoms with van der Waals surface area (Å²) in [6.07, 6.45) is 0. The molecule has 0 unspecified atom stereocenters. The van der Waals surface area contributed by atoms with Gasteiger partial charge in [-0.3, -0.25) is 4.79 Å². The lowest BCUT2D eigenvalue weighted by Gasteiger charge is -2.24. The number of amides is 1. The molecule has 1 rings (SSSR count). The Balaban J connectivity index is 2.96. The number of nitrogens with one attached hydrogen (secondary N) is 1. The van der Waals surface area contributed by atoms with Gasteiger partial charge in [0.2, 0.25) is 0 Å². The molecule has 1 aromatic carbocycles. The monoisotopic (exact) mass is 251 g/mol. The van der Waals surface area contributed by atoms with Gasteiger partial charge in [0.25, 0.3) is 5.91 Å². The number of nitrogens with two attached hydrogens (primary N) is 1. The van der Waals surface area contributed by atoms with E-state index in [9.17, 15) is 9.90 Å². The molecule has 98 valence electrons. The summed E-state index contributed by atoms with van der Waals surface area (Å²) in [6.45, 7) is 4.98. The van der Waals surface area contributed by atoms with Crippen molar-refractivity contribution in [3.05, 3.63) is 29.3 Å². The van der Waals surface area contributed by atoms with E-state index in [-0.39, 0.29) is 17.1 Å². The quantitative estimate of drug-likeness (QED) is 0.277. The first-order valence-electron chi connectivity index (χ1n) is 5.38. The molecule has 0 bridgehead atoms. The van der Waals surface area contributed by atoms with Crippen LogP contribution in [0.2, 0.25) is 0 Å². The van der Waals surface area contributed by atoms with E-state index in [4.69, 9.17) is 10.9 Å². The SMILES string of the molecule is Cc1ccc(C(=O)NC(C)(C)/C(N)=N/O)c(O)c1. The van der Waals surface area contributed by atoms with E-state index in [0.29, 0.717) is 0 Å². The highest BCUT2D eigenvalue weighted by molar-refractivity contribution is 6.01. The van der Waals surface area contributed by atoms with Crippen LogP contribution in [0.1, 0.15) is 29.8 Å². The van der Waals surface area contributed by atoms with Gasteiger partial charge in [0.1, 0.15) is 5.75 Å².